The summed E-state index contributed by atoms with van der Waals surface area (Å²) in [5.74, 6) is 2.53. The van der Waals surface area contributed by atoms with Crippen molar-refractivity contribution < 1.29 is 4.74 Å². The first kappa shape index (κ1) is 14.8. The molecule has 2 nitrogen and oxygen atoms in total. The van der Waals surface area contributed by atoms with Gasteiger partial charge in [0.05, 0.1) is 18.7 Å². The zero-order chi connectivity index (χ0) is 14.4. The Morgan fingerprint density at radius 2 is 1.90 bits per heavy atom. The van der Waals surface area contributed by atoms with Crippen molar-refractivity contribution in [2.45, 2.75) is 11.5 Å². The van der Waals surface area contributed by atoms with Gasteiger partial charge in [0, 0.05) is 22.1 Å². The quantitative estimate of drug-likeness (QED) is 0.806. The maximum Gasteiger partial charge on any atom is 0.122 e. The Morgan fingerprint density at radius 1 is 1.15 bits per heavy atom. The highest BCUT2D eigenvalue weighted by molar-refractivity contribution is 7.97. The van der Waals surface area contributed by atoms with Crippen molar-refractivity contribution in [3.63, 3.8) is 0 Å². The van der Waals surface area contributed by atoms with Gasteiger partial charge in [0.15, 0.2) is 0 Å². The van der Waals surface area contributed by atoms with E-state index in [0.717, 1.165) is 27.8 Å². The van der Waals surface area contributed by atoms with Crippen molar-refractivity contribution in [1.29, 1.82) is 5.26 Å². The summed E-state index contributed by atoms with van der Waals surface area (Å²) in [6.45, 7) is 0. The molecule has 2 rings (SSSR count). The summed E-state index contributed by atoms with van der Waals surface area (Å²) in [5.41, 5.74) is 2.94. The molecule has 20 heavy (non-hydrogen) atoms. The van der Waals surface area contributed by atoms with Crippen LogP contribution < -0.4 is 4.74 Å². The van der Waals surface area contributed by atoms with Gasteiger partial charge < -0.3 is 4.74 Å². The molecule has 0 aliphatic heterocycles. The van der Waals surface area contributed by atoms with Crippen molar-refractivity contribution in [3.05, 3.63) is 64.2 Å². The minimum atomic E-state index is 0.660. The number of halogens is 1. The van der Waals surface area contributed by atoms with Gasteiger partial charge in [-0.25, -0.2) is 0 Å². The first-order valence-electron chi connectivity index (χ1n) is 6.12. The van der Waals surface area contributed by atoms with Crippen molar-refractivity contribution in [2.24, 2.45) is 0 Å². The maximum absolute atomic E-state index is 8.94. The van der Waals surface area contributed by atoms with Crippen LogP contribution in [0, 0.1) is 11.3 Å². The van der Waals surface area contributed by atoms with E-state index in [-0.39, 0.29) is 0 Å². The topological polar surface area (TPSA) is 33.0 Å². The smallest absolute Gasteiger partial charge is 0.122 e. The molecule has 0 aromatic heterocycles. The van der Waals surface area contributed by atoms with E-state index in [2.05, 4.69) is 6.07 Å². The summed E-state index contributed by atoms with van der Waals surface area (Å²) in [4.78, 5) is 0. The first-order valence-corrected chi connectivity index (χ1v) is 7.65. The fraction of sp³-hybridized carbons (Fsp3) is 0.188. The van der Waals surface area contributed by atoms with Gasteiger partial charge in [0.1, 0.15) is 5.75 Å². The molecule has 4 heteroatoms. The number of nitrogens with zero attached hydrogens (tertiary/aromatic N) is 1. The molecule has 0 bridgehead atoms. The fourth-order valence-electron chi connectivity index (χ4n) is 1.82. The van der Waals surface area contributed by atoms with Gasteiger partial charge in [-0.3, -0.25) is 0 Å². The van der Waals surface area contributed by atoms with Gasteiger partial charge in [0.25, 0.3) is 0 Å². The minimum absolute atomic E-state index is 0.660. The third-order valence-electron chi connectivity index (χ3n) is 2.85. The molecule has 0 atom stereocenters. The number of thioether (sulfide) groups is 1. The third-order valence-corrected chi connectivity index (χ3v) is 4.15. The lowest BCUT2D eigenvalue weighted by Crippen LogP contribution is -1.92. The van der Waals surface area contributed by atoms with Gasteiger partial charge in [-0.05, 0) is 35.9 Å². The molecule has 0 N–H and O–H groups in total. The molecule has 2 aromatic carbocycles. The molecule has 0 radical (unpaired) electrons. The van der Waals surface area contributed by atoms with Crippen molar-refractivity contribution in [2.75, 3.05) is 7.11 Å². The fourth-order valence-corrected chi connectivity index (χ4v) is 2.92. The Bertz CT molecular complexity index is 619. The molecule has 2 aromatic rings. The van der Waals surface area contributed by atoms with Crippen molar-refractivity contribution in [3.8, 4) is 11.8 Å². The molecule has 0 unspecified atom stereocenters. The van der Waals surface area contributed by atoms with E-state index in [1.165, 1.54) is 5.56 Å². The monoisotopic (exact) mass is 303 g/mol. The standard InChI is InChI=1S/C16H14ClNOS/c1-19-16-7-4-13(9-18)8-14(16)11-20-10-12-2-5-15(17)6-3-12/h2-8H,10-11H2,1H3. The van der Waals surface area contributed by atoms with E-state index < -0.39 is 0 Å². The van der Waals surface area contributed by atoms with Crippen LogP contribution in [0.25, 0.3) is 0 Å². The zero-order valence-electron chi connectivity index (χ0n) is 11.1. The van der Waals surface area contributed by atoms with Crippen LogP contribution in [0.1, 0.15) is 16.7 Å². The molecule has 0 heterocycles. The second kappa shape index (κ2) is 7.23. The van der Waals surface area contributed by atoms with E-state index in [1.54, 1.807) is 24.9 Å². The van der Waals surface area contributed by atoms with E-state index in [9.17, 15) is 0 Å². The lowest BCUT2D eigenvalue weighted by Gasteiger charge is -2.08. The SMILES string of the molecule is COc1ccc(C#N)cc1CSCc1ccc(Cl)cc1. The van der Waals surface area contributed by atoms with E-state index in [0.29, 0.717) is 5.56 Å². The predicted octanol–water partition coefficient (Wildman–Crippen LogP) is 4.65. The van der Waals surface area contributed by atoms with Crippen LogP contribution >= 0.6 is 23.4 Å². The van der Waals surface area contributed by atoms with Crippen molar-refractivity contribution in [1.82, 2.24) is 0 Å². The minimum Gasteiger partial charge on any atom is -0.496 e. The average molecular weight is 304 g/mol. The van der Waals surface area contributed by atoms with Gasteiger partial charge in [-0.15, -0.1) is 0 Å². The van der Waals surface area contributed by atoms with E-state index in [1.807, 2.05) is 36.4 Å². The summed E-state index contributed by atoms with van der Waals surface area (Å²) in [7, 11) is 1.65. The highest BCUT2D eigenvalue weighted by atomic mass is 35.5. The lowest BCUT2D eigenvalue weighted by molar-refractivity contribution is 0.411. The van der Waals surface area contributed by atoms with Crippen LogP contribution in [0.3, 0.4) is 0 Å². The number of rotatable bonds is 5. The van der Waals surface area contributed by atoms with Crippen LogP contribution in [0.15, 0.2) is 42.5 Å². The van der Waals surface area contributed by atoms with Crippen LogP contribution in [-0.4, -0.2) is 7.11 Å². The number of hydrogen-bond acceptors (Lipinski definition) is 3. The zero-order valence-corrected chi connectivity index (χ0v) is 12.7. The normalized spacial score (nSPS) is 10.1. The highest BCUT2D eigenvalue weighted by Crippen LogP contribution is 2.26. The van der Waals surface area contributed by atoms with Gasteiger partial charge in [0.2, 0.25) is 0 Å². The summed E-state index contributed by atoms with van der Waals surface area (Å²) in [6, 6.07) is 15.5. The summed E-state index contributed by atoms with van der Waals surface area (Å²) < 4.78 is 5.32. The molecule has 0 spiro atoms. The Kier molecular flexibility index (Phi) is 5.34. The molecular formula is C16H14ClNOS. The third kappa shape index (κ3) is 3.93. The summed E-state index contributed by atoms with van der Waals surface area (Å²) in [6.07, 6.45) is 0. The van der Waals surface area contributed by atoms with Gasteiger partial charge in [-0.2, -0.15) is 17.0 Å². The largest absolute Gasteiger partial charge is 0.496 e. The Labute approximate surface area is 128 Å². The van der Waals surface area contributed by atoms with Crippen LogP contribution in [0.5, 0.6) is 5.75 Å². The molecular weight excluding hydrogens is 290 g/mol. The second-order valence-electron chi connectivity index (χ2n) is 4.26. The van der Waals surface area contributed by atoms with Crippen LogP contribution in [0.2, 0.25) is 5.02 Å². The number of nitriles is 1. The van der Waals surface area contributed by atoms with Gasteiger partial charge in [-0.1, -0.05) is 23.7 Å². The number of hydrogen-bond donors (Lipinski definition) is 0. The van der Waals surface area contributed by atoms with E-state index >= 15 is 0 Å². The van der Waals surface area contributed by atoms with Crippen molar-refractivity contribution >= 4 is 23.4 Å². The summed E-state index contributed by atoms with van der Waals surface area (Å²) in [5, 5.41) is 9.70. The maximum atomic E-state index is 8.94. The summed E-state index contributed by atoms with van der Waals surface area (Å²) >= 11 is 7.64. The number of benzene rings is 2. The molecule has 0 aliphatic carbocycles. The Balaban J connectivity index is 2.00. The number of ether oxygens (including phenoxy) is 1. The first-order chi connectivity index (χ1) is 9.72. The molecule has 0 amide bonds. The molecule has 102 valence electrons. The number of methoxy groups -OCH3 is 1. The van der Waals surface area contributed by atoms with Crippen LogP contribution in [0.4, 0.5) is 0 Å². The van der Waals surface area contributed by atoms with Gasteiger partial charge >= 0.3 is 0 Å². The molecule has 0 saturated heterocycles. The van der Waals surface area contributed by atoms with E-state index in [4.69, 9.17) is 21.6 Å². The Morgan fingerprint density at radius 3 is 2.55 bits per heavy atom. The van der Waals surface area contributed by atoms with Crippen LogP contribution in [-0.2, 0) is 11.5 Å². The average Bonchev–Trinajstić information content (AvgIpc) is 2.49. The highest BCUT2D eigenvalue weighted by Gasteiger charge is 2.05. The second-order valence-corrected chi connectivity index (χ2v) is 5.68. The predicted molar refractivity (Wildman–Crippen MR) is 84.2 cm³/mol. The lowest BCUT2D eigenvalue weighted by atomic mass is 10.1. The molecule has 0 aliphatic rings. The molecule has 0 fully saturated rings. The Hall–Kier alpha value is -1.63. The molecule has 0 saturated carbocycles.